The fourth-order valence-electron chi connectivity index (χ4n) is 3.22. The second-order valence-corrected chi connectivity index (χ2v) is 5.75. The molecule has 2 aromatic rings. The van der Waals surface area contributed by atoms with Gasteiger partial charge in [-0.1, -0.05) is 30.3 Å². The van der Waals surface area contributed by atoms with E-state index in [2.05, 4.69) is 46.6 Å². The Labute approximate surface area is 119 Å². The van der Waals surface area contributed by atoms with E-state index in [-0.39, 0.29) is 0 Å². The van der Waals surface area contributed by atoms with E-state index in [0.717, 1.165) is 39.1 Å². The molecular weight excluding hydrogens is 246 g/mol. The summed E-state index contributed by atoms with van der Waals surface area (Å²) in [5.74, 6) is 0. The van der Waals surface area contributed by atoms with Gasteiger partial charge in [0, 0.05) is 44.8 Å². The number of aromatic nitrogens is 1. The first kappa shape index (κ1) is 12.1. The first-order valence-electron chi connectivity index (χ1n) is 7.36. The topological polar surface area (TPSA) is 28.2 Å². The first-order valence-corrected chi connectivity index (χ1v) is 7.36. The van der Waals surface area contributed by atoms with Gasteiger partial charge in [-0.2, -0.15) is 0 Å². The molecule has 2 aliphatic heterocycles. The van der Waals surface area contributed by atoms with Crippen molar-refractivity contribution >= 4 is 0 Å². The third kappa shape index (κ3) is 2.23. The van der Waals surface area contributed by atoms with Crippen LogP contribution in [0.1, 0.15) is 28.1 Å². The maximum absolute atomic E-state index is 4.85. The van der Waals surface area contributed by atoms with Crippen LogP contribution in [0.4, 0.5) is 0 Å². The van der Waals surface area contributed by atoms with Gasteiger partial charge >= 0.3 is 0 Å². The molecule has 0 saturated carbocycles. The molecular formula is C17H19N3. The fourth-order valence-corrected chi connectivity index (χ4v) is 3.22. The molecule has 0 spiro atoms. The lowest BCUT2D eigenvalue weighted by Crippen LogP contribution is -2.31. The maximum Gasteiger partial charge on any atom is 0.0590 e. The van der Waals surface area contributed by atoms with Crippen LogP contribution < -0.4 is 5.32 Å². The van der Waals surface area contributed by atoms with E-state index in [1.807, 2.05) is 0 Å². The Morgan fingerprint density at radius 2 is 1.95 bits per heavy atom. The Morgan fingerprint density at radius 1 is 1.05 bits per heavy atom. The van der Waals surface area contributed by atoms with Crippen molar-refractivity contribution < 1.29 is 0 Å². The van der Waals surface area contributed by atoms with Crippen molar-refractivity contribution in [1.29, 1.82) is 0 Å². The minimum absolute atomic E-state index is 0.941. The lowest BCUT2D eigenvalue weighted by molar-refractivity contribution is 0.243. The Balaban J connectivity index is 1.54. The predicted molar refractivity (Wildman–Crippen MR) is 79.0 cm³/mol. The lowest BCUT2D eigenvalue weighted by Gasteiger charge is -2.28. The molecule has 0 aliphatic carbocycles. The molecule has 1 N–H and O–H groups in total. The predicted octanol–water partition coefficient (Wildman–Crippen LogP) is 2.24. The molecule has 102 valence electrons. The summed E-state index contributed by atoms with van der Waals surface area (Å²) in [6.45, 7) is 5.10. The van der Waals surface area contributed by atoms with Gasteiger partial charge in [-0.25, -0.2) is 0 Å². The molecule has 2 aliphatic rings. The van der Waals surface area contributed by atoms with Crippen LogP contribution in [0.5, 0.6) is 0 Å². The zero-order chi connectivity index (χ0) is 13.4. The summed E-state index contributed by atoms with van der Waals surface area (Å²) in [6, 6.07) is 13.1. The summed E-state index contributed by atoms with van der Waals surface area (Å²) in [7, 11) is 0. The van der Waals surface area contributed by atoms with E-state index in [1.54, 1.807) is 0 Å². The van der Waals surface area contributed by atoms with Crippen LogP contribution in [0.2, 0.25) is 0 Å². The molecule has 0 radical (unpaired) electrons. The van der Waals surface area contributed by atoms with Gasteiger partial charge in [0.15, 0.2) is 0 Å². The minimum atomic E-state index is 0.941. The molecule has 0 bridgehead atoms. The van der Waals surface area contributed by atoms with Gasteiger partial charge in [0.1, 0.15) is 0 Å². The number of hydrogen-bond donors (Lipinski definition) is 1. The number of nitrogens with zero attached hydrogens (tertiary/aromatic N) is 2. The summed E-state index contributed by atoms with van der Waals surface area (Å²) in [5.41, 5.74) is 6.80. The van der Waals surface area contributed by atoms with Gasteiger partial charge in [0.25, 0.3) is 0 Å². The lowest BCUT2D eigenvalue weighted by atomic mass is 10.0. The second kappa shape index (κ2) is 5.00. The average molecular weight is 265 g/mol. The number of pyridine rings is 1. The van der Waals surface area contributed by atoms with Gasteiger partial charge in [0.2, 0.25) is 0 Å². The van der Waals surface area contributed by atoms with Gasteiger partial charge in [-0.15, -0.1) is 0 Å². The highest BCUT2D eigenvalue weighted by Gasteiger charge is 2.21. The molecule has 0 atom stereocenters. The zero-order valence-corrected chi connectivity index (χ0v) is 11.6. The van der Waals surface area contributed by atoms with Gasteiger partial charge in [-0.3, -0.25) is 9.88 Å². The van der Waals surface area contributed by atoms with E-state index in [0.29, 0.717) is 0 Å². The van der Waals surface area contributed by atoms with Gasteiger partial charge in [0.05, 0.1) is 5.69 Å². The van der Waals surface area contributed by atoms with E-state index in [4.69, 9.17) is 4.98 Å². The van der Waals surface area contributed by atoms with Crippen molar-refractivity contribution in [2.45, 2.75) is 32.6 Å². The van der Waals surface area contributed by atoms with Crippen molar-refractivity contribution in [2.75, 3.05) is 6.54 Å². The van der Waals surface area contributed by atoms with E-state index in [1.165, 1.54) is 28.1 Å². The zero-order valence-electron chi connectivity index (χ0n) is 11.6. The standard InChI is InChI=1S/C17H19N3/c1-2-4-13(5-3-1)11-20-7-6-16-15(12-20)8-14-9-18-10-17(14)19-16/h1-5,8,18H,6-7,9-12H2. The van der Waals surface area contributed by atoms with Crippen LogP contribution in [0.15, 0.2) is 36.4 Å². The van der Waals surface area contributed by atoms with Crippen molar-refractivity contribution in [3.8, 4) is 0 Å². The highest BCUT2D eigenvalue weighted by molar-refractivity contribution is 5.34. The molecule has 4 rings (SSSR count). The quantitative estimate of drug-likeness (QED) is 0.902. The second-order valence-electron chi connectivity index (χ2n) is 5.75. The Morgan fingerprint density at radius 3 is 2.85 bits per heavy atom. The first-order chi connectivity index (χ1) is 9.88. The Hall–Kier alpha value is -1.71. The highest BCUT2D eigenvalue weighted by atomic mass is 15.1. The molecule has 0 saturated heterocycles. The molecule has 1 aromatic heterocycles. The third-order valence-corrected chi connectivity index (χ3v) is 4.28. The van der Waals surface area contributed by atoms with Crippen molar-refractivity contribution in [2.24, 2.45) is 0 Å². The van der Waals surface area contributed by atoms with Crippen LogP contribution in [-0.2, 0) is 32.6 Å². The number of rotatable bonds is 2. The third-order valence-electron chi connectivity index (χ3n) is 4.28. The van der Waals surface area contributed by atoms with Gasteiger partial charge < -0.3 is 5.32 Å². The van der Waals surface area contributed by atoms with Crippen LogP contribution in [-0.4, -0.2) is 16.4 Å². The molecule has 0 amide bonds. The van der Waals surface area contributed by atoms with Gasteiger partial charge in [-0.05, 0) is 22.8 Å². The monoisotopic (exact) mass is 265 g/mol. The molecule has 3 nitrogen and oxygen atoms in total. The number of fused-ring (bicyclic) bond motifs is 2. The molecule has 20 heavy (non-hydrogen) atoms. The summed E-state index contributed by atoms with van der Waals surface area (Å²) >= 11 is 0. The maximum atomic E-state index is 4.85. The van der Waals surface area contributed by atoms with Crippen molar-refractivity contribution in [1.82, 2.24) is 15.2 Å². The summed E-state index contributed by atoms with van der Waals surface area (Å²) in [4.78, 5) is 7.37. The minimum Gasteiger partial charge on any atom is -0.307 e. The molecule has 0 fully saturated rings. The van der Waals surface area contributed by atoms with Crippen LogP contribution in [0, 0.1) is 0 Å². The van der Waals surface area contributed by atoms with Crippen molar-refractivity contribution in [3.05, 3.63) is 64.5 Å². The smallest absolute Gasteiger partial charge is 0.0590 e. The molecule has 0 unspecified atom stereocenters. The van der Waals surface area contributed by atoms with E-state index < -0.39 is 0 Å². The largest absolute Gasteiger partial charge is 0.307 e. The summed E-state index contributed by atoms with van der Waals surface area (Å²) in [6.07, 6.45) is 1.08. The van der Waals surface area contributed by atoms with Crippen LogP contribution in [0.25, 0.3) is 0 Å². The SMILES string of the molecule is c1ccc(CN2CCc3nc4c(cc3C2)CNC4)cc1. The molecule has 3 heteroatoms. The number of nitrogens with one attached hydrogen (secondary N) is 1. The molecule has 1 aromatic carbocycles. The Bertz CT molecular complexity index is 622. The van der Waals surface area contributed by atoms with Crippen LogP contribution >= 0.6 is 0 Å². The fraction of sp³-hybridized carbons (Fsp3) is 0.353. The number of benzene rings is 1. The van der Waals surface area contributed by atoms with Crippen molar-refractivity contribution in [3.63, 3.8) is 0 Å². The number of hydrogen-bond acceptors (Lipinski definition) is 3. The van der Waals surface area contributed by atoms with E-state index in [9.17, 15) is 0 Å². The molecule has 3 heterocycles. The average Bonchev–Trinajstić information content (AvgIpc) is 2.93. The van der Waals surface area contributed by atoms with Crippen LogP contribution in [0.3, 0.4) is 0 Å². The highest BCUT2D eigenvalue weighted by Crippen LogP contribution is 2.23. The summed E-state index contributed by atoms with van der Waals surface area (Å²) < 4.78 is 0. The van der Waals surface area contributed by atoms with E-state index >= 15 is 0 Å². The Kier molecular flexibility index (Phi) is 3.02. The summed E-state index contributed by atoms with van der Waals surface area (Å²) in [5, 5.41) is 3.39. The normalized spacial score (nSPS) is 17.8.